The molecule has 128 valence electrons. The lowest BCUT2D eigenvalue weighted by atomic mass is 10.1. The van der Waals surface area contributed by atoms with Crippen LogP contribution in [0, 0.1) is 0 Å². The van der Waals surface area contributed by atoms with E-state index in [4.69, 9.17) is 4.74 Å². The van der Waals surface area contributed by atoms with E-state index in [-0.39, 0.29) is 11.3 Å². The van der Waals surface area contributed by atoms with E-state index in [1.165, 1.54) is 24.3 Å². The van der Waals surface area contributed by atoms with E-state index in [1.807, 2.05) is 0 Å². The van der Waals surface area contributed by atoms with Gasteiger partial charge in [-0.1, -0.05) is 50.8 Å². The molecule has 6 nitrogen and oxygen atoms in total. The zero-order valence-electron chi connectivity index (χ0n) is 13.2. The molecule has 7 heteroatoms. The number of unbranched alkanes of at least 4 members (excludes halogenated alkanes) is 4. The van der Waals surface area contributed by atoms with Crippen molar-refractivity contribution in [2.24, 2.45) is 0 Å². The van der Waals surface area contributed by atoms with Crippen LogP contribution in [-0.2, 0) is 28.6 Å². The summed E-state index contributed by atoms with van der Waals surface area (Å²) in [7, 11) is -4.18. The number of ether oxygens (including phenoxy) is 1. The van der Waals surface area contributed by atoms with Gasteiger partial charge in [-0.25, -0.2) is 4.79 Å². The predicted molar refractivity (Wildman–Crippen MR) is 84.1 cm³/mol. The van der Waals surface area contributed by atoms with Gasteiger partial charge >= 0.3 is 22.1 Å². The van der Waals surface area contributed by atoms with Gasteiger partial charge < -0.3 is 8.92 Å². The highest BCUT2D eigenvalue weighted by molar-refractivity contribution is 7.87. The molecule has 0 heterocycles. The number of rotatable bonds is 10. The number of hydrogen-bond acceptors (Lipinski definition) is 6. The summed E-state index contributed by atoms with van der Waals surface area (Å²) in [5.74, 6) is -1.65. The summed E-state index contributed by atoms with van der Waals surface area (Å²) in [5, 5.41) is 0. The van der Waals surface area contributed by atoms with Crippen molar-refractivity contribution < 1.29 is 26.9 Å². The number of carbonyl (C=O) groups is 2. The fraction of sp³-hybridized carbons (Fsp3) is 0.500. The Bertz CT molecular complexity index is 594. The first-order valence-electron chi connectivity index (χ1n) is 7.63. The fourth-order valence-electron chi connectivity index (χ4n) is 1.87. The molecule has 0 spiro atoms. The molecule has 0 fully saturated rings. The Labute approximate surface area is 136 Å². The summed E-state index contributed by atoms with van der Waals surface area (Å²) in [5.41, 5.74) is 0. The molecule has 1 rings (SSSR count). The molecule has 0 unspecified atom stereocenters. The minimum absolute atomic E-state index is 0.129. The smallest absolute Gasteiger partial charge is 0.360 e. The van der Waals surface area contributed by atoms with Gasteiger partial charge in [0.25, 0.3) is 0 Å². The zero-order valence-corrected chi connectivity index (χ0v) is 14.0. The van der Waals surface area contributed by atoms with Crippen LogP contribution in [0.4, 0.5) is 0 Å². The summed E-state index contributed by atoms with van der Waals surface area (Å²) in [6.45, 7) is 1.39. The molecule has 0 amide bonds. The first kappa shape index (κ1) is 19.2. The third-order valence-corrected chi connectivity index (χ3v) is 4.32. The third-order valence-electron chi connectivity index (χ3n) is 3.07. The van der Waals surface area contributed by atoms with Crippen molar-refractivity contribution in [1.82, 2.24) is 0 Å². The van der Waals surface area contributed by atoms with Gasteiger partial charge in [0.2, 0.25) is 0 Å². The van der Waals surface area contributed by atoms with Crippen LogP contribution in [0.5, 0.6) is 0 Å². The molecule has 0 aliphatic carbocycles. The van der Waals surface area contributed by atoms with Gasteiger partial charge in [0.05, 0.1) is 0 Å². The summed E-state index contributed by atoms with van der Waals surface area (Å²) < 4.78 is 32.7. The average molecular weight is 342 g/mol. The van der Waals surface area contributed by atoms with E-state index < -0.39 is 28.7 Å². The molecule has 0 bridgehead atoms. The van der Waals surface area contributed by atoms with Crippen molar-refractivity contribution >= 4 is 22.1 Å². The van der Waals surface area contributed by atoms with Crippen LogP contribution in [0.15, 0.2) is 35.2 Å². The number of carbonyl (C=O) groups excluding carboxylic acids is 2. The molecule has 0 saturated carbocycles. The lowest BCUT2D eigenvalue weighted by Gasteiger charge is -2.06. The van der Waals surface area contributed by atoms with Crippen LogP contribution in [0.3, 0.4) is 0 Å². The van der Waals surface area contributed by atoms with E-state index in [9.17, 15) is 18.0 Å². The van der Waals surface area contributed by atoms with E-state index >= 15 is 0 Å². The second-order valence-corrected chi connectivity index (χ2v) is 6.59. The average Bonchev–Trinajstić information content (AvgIpc) is 2.53. The molecule has 0 radical (unpaired) electrons. The Morgan fingerprint density at radius 3 is 2.26 bits per heavy atom. The quantitative estimate of drug-likeness (QED) is 0.369. The normalized spacial score (nSPS) is 11.0. The summed E-state index contributed by atoms with van der Waals surface area (Å²) in [6, 6.07) is 7.29. The van der Waals surface area contributed by atoms with Crippen molar-refractivity contribution in [3.63, 3.8) is 0 Å². The number of benzene rings is 1. The highest BCUT2D eigenvalue weighted by Crippen LogP contribution is 2.11. The van der Waals surface area contributed by atoms with E-state index in [0.29, 0.717) is 6.42 Å². The second kappa shape index (κ2) is 9.99. The second-order valence-electron chi connectivity index (χ2n) is 5.05. The Morgan fingerprint density at radius 2 is 1.61 bits per heavy atom. The molecule has 0 saturated heterocycles. The molecule has 1 aromatic rings. The van der Waals surface area contributed by atoms with Crippen LogP contribution in [0.25, 0.3) is 0 Å². The van der Waals surface area contributed by atoms with Crippen LogP contribution in [0.2, 0.25) is 0 Å². The van der Waals surface area contributed by atoms with Gasteiger partial charge in [-0.05, 0) is 18.6 Å². The van der Waals surface area contributed by atoms with Gasteiger partial charge in [0.15, 0.2) is 6.61 Å². The summed E-state index contributed by atoms with van der Waals surface area (Å²) in [6.07, 6.45) is 5.13. The molecular weight excluding hydrogens is 320 g/mol. The standard InChI is InChI=1S/C16H22O6S/c1-2-3-4-5-9-12-15(17)21-13-16(18)22-23(19,20)14-10-7-6-8-11-14/h6-8,10-11H,2-5,9,12-13H2,1H3. The minimum atomic E-state index is -4.18. The Morgan fingerprint density at radius 1 is 0.957 bits per heavy atom. The van der Waals surface area contributed by atoms with Crippen LogP contribution in [-0.4, -0.2) is 27.0 Å². The molecule has 23 heavy (non-hydrogen) atoms. The number of esters is 1. The molecule has 0 aliphatic rings. The zero-order chi connectivity index (χ0) is 17.1. The van der Waals surface area contributed by atoms with Gasteiger partial charge in [0, 0.05) is 6.42 Å². The maximum atomic E-state index is 11.8. The van der Waals surface area contributed by atoms with Gasteiger partial charge in [-0.3, -0.25) is 4.79 Å². The fourth-order valence-corrected chi connectivity index (χ4v) is 2.75. The summed E-state index contributed by atoms with van der Waals surface area (Å²) in [4.78, 5) is 22.8. The lowest BCUT2D eigenvalue weighted by molar-refractivity contribution is -0.153. The third kappa shape index (κ3) is 7.78. The Hall–Kier alpha value is -1.89. The SMILES string of the molecule is CCCCCCCC(=O)OCC(=O)OS(=O)(=O)c1ccccc1. The molecule has 0 atom stereocenters. The number of hydrogen-bond donors (Lipinski definition) is 0. The highest BCUT2D eigenvalue weighted by atomic mass is 32.2. The van der Waals surface area contributed by atoms with Crippen molar-refractivity contribution in [3.05, 3.63) is 30.3 Å². The monoisotopic (exact) mass is 342 g/mol. The van der Waals surface area contributed by atoms with Gasteiger partial charge in [-0.15, -0.1) is 0 Å². The van der Waals surface area contributed by atoms with Crippen molar-refractivity contribution in [1.29, 1.82) is 0 Å². The molecule has 0 aliphatic heterocycles. The molecule has 0 N–H and O–H groups in total. The first-order valence-corrected chi connectivity index (χ1v) is 9.04. The Balaban J connectivity index is 2.30. The van der Waals surface area contributed by atoms with E-state index in [1.54, 1.807) is 6.07 Å². The van der Waals surface area contributed by atoms with E-state index in [0.717, 1.165) is 25.7 Å². The predicted octanol–water partition coefficient (Wildman–Crippen LogP) is 2.82. The lowest BCUT2D eigenvalue weighted by Crippen LogP contribution is -2.20. The highest BCUT2D eigenvalue weighted by Gasteiger charge is 2.20. The maximum Gasteiger partial charge on any atom is 0.360 e. The van der Waals surface area contributed by atoms with Crippen molar-refractivity contribution in [2.45, 2.75) is 50.3 Å². The first-order chi connectivity index (χ1) is 11.0. The molecular formula is C16H22O6S. The maximum absolute atomic E-state index is 11.8. The summed E-state index contributed by atoms with van der Waals surface area (Å²) >= 11 is 0. The van der Waals surface area contributed by atoms with Crippen LogP contribution in [0.1, 0.15) is 45.4 Å². The Kier molecular flexibility index (Phi) is 8.32. The minimum Gasteiger partial charge on any atom is -0.454 e. The van der Waals surface area contributed by atoms with Crippen molar-refractivity contribution in [3.8, 4) is 0 Å². The topological polar surface area (TPSA) is 86.7 Å². The van der Waals surface area contributed by atoms with Gasteiger partial charge in [0.1, 0.15) is 4.90 Å². The van der Waals surface area contributed by atoms with E-state index in [2.05, 4.69) is 11.1 Å². The largest absolute Gasteiger partial charge is 0.454 e. The van der Waals surface area contributed by atoms with Crippen molar-refractivity contribution in [2.75, 3.05) is 6.61 Å². The molecule has 0 aromatic heterocycles. The molecule has 1 aromatic carbocycles. The van der Waals surface area contributed by atoms with Gasteiger partial charge in [-0.2, -0.15) is 8.42 Å². The van der Waals surface area contributed by atoms with Crippen LogP contribution >= 0.6 is 0 Å². The van der Waals surface area contributed by atoms with Crippen LogP contribution < -0.4 is 0 Å².